The van der Waals surface area contributed by atoms with Crippen LogP contribution < -0.4 is 14.8 Å². The Hall–Kier alpha value is -3.88. The normalized spacial score (nSPS) is 12.9. The lowest BCUT2D eigenvalue weighted by molar-refractivity contribution is -0.384. The minimum atomic E-state index is -0.576. The predicted molar refractivity (Wildman–Crippen MR) is 117 cm³/mol. The number of ether oxygens (including phenoxy) is 2. The van der Waals surface area contributed by atoms with E-state index in [1.165, 1.54) is 12.1 Å². The van der Waals surface area contributed by atoms with E-state index in [-0.39, 0.29) is 28.7 Å². The third kappa shape index (κ3) is 4.41. The third-order valence-electron chi connectivity index (χ3n) is 4.94. The van der Waals surface area contributed by atoms with E-state index in [4.69, 9.17) is 13.9 Å². The third-order valence-corrected chi connectivity index (χ3v) is 4.94. The molecule has 32 heavy (non-hydrogen) atoms. The first-order chi connectivity index (χ1) is 15.5. The molecule has 0 aliphatic heterocycles. The molecule has 0 bridgehead atoms. The molecular weight excluding hydrogens is 414 g/mol. The second kappa shape index (κ2) is 9.09. The number of nitrogens with one attached hydrogen (secondary N) is 1. The first-order valence-corrected chi connectivity index (χ1v) is 10.5. The number of aromatic nitrogens is 1. The molecule has 0 spiro atoms. The molecule has 0 radical (unpaired) electrons. The molecule has 1 aliphatic rings. The zero-order valence-corrected chi connectivity index (χ0v) is 17.8. The molecule has 2 aromatic carbocycles. The van der Waals surface area contributed by atoms with Gasteiger partial charge in [-0.1, -0.05) is 18.2 Å². The average Bonchev–Trinajstić information content (AvgIpc) is 3.53. The van der Waals surface area contributed by atoms with Gasteiger partial charge < -0.3 is 19.2 Å². The summed E-state index contributed by atoms with van der Waals surface area (Å²) in [6, 6.07) is 11.9. The molecule has 3 aromatic rings. The fourth-order valence-corrected chi connectivity index (χ4v) is 3.34. The molecule has 0 saturated heterocycles. The number of nitro benzene ring substituents is 1. The second-order valence-corrected chi connectivity index (χ2v) is 7.27. The Morgan fingerprint density at radius 2 is 1.81 bits per heavy atom. The van der Waals surface area contributed by atoms with Gasteiger partial charge in [0, 0.05) is 17.5 Å². The number of anilines is 1. The molecule has 1 amide bonds. The van der Waals surface area contributed by atoms with Crippen molar-refractivity contribution < 1.29 is 23.6 Å². The molecule has 9 nitrogen and oxygen atoms in total. The summed E-state index contributed by atoms with van der Waals surface area (Å²) in [6.07, 6.45) is 1.81. The number of rotatable bonds is 9. The molecule has 0 unspecified atom stereocenters. The van der Waals surface area contributed by atoms with E-state index in [0.717, 1.165) is 18.4 Å². The van der Waals surface area contributed by atoms with E-state index >= 15 is 0 Å². The highest BCUT2D eigenvalue weighted by molar-refractivity contribution is 6.05. The minimum Gasteiger partial charge on any atom is -0.490 e. The SMILES string of the molecule is CCOc1cc(NC(=O)c2nc(-c3ccccc3)oc2C2CC2)c([N+](=O)[O-])cc1OCC. The molecule has 9 heteroatoms. The molecule has 0 atom stereocenters. The Labute approximate surface area is 184 Å². The molecule has 1 heterocycles. The first-order valence-electron chi connectivity index (χ1n) is 10.5. The van der Waals surface area contributed by atoms with Gasteiger partial charge in [0.05, 0.1) is 24.2 Å². The van der Waals surface area contributed by atoms with Crippen LogP contribution in [-0.4, -0.2) is 29.0 Å². The van der Waals surface area contributed by atoms with Crippen LogP contribution in [0.2, 0.25) is 0 Å². The fraction of sp³-hybridized carbons (Fsp3) is 0.304. The summed E-state index contributed by atoms with van der Waals surface area (Å²) in [5, 5.41) is 14.3. The van der Waals surface area contributed by atoms with Crippen LogP contribution in [0.1, 0.15) is 48.9 Å². The maximum Gasteiger partial charge on any atom is 0.296 e. The smallest absolute Gasteiger partial charge is 0.296 e. The zero-order chi connectivity index (χ0) is 22.7. The van der Waals surface area contributed by atoms with Gasteiger partial charge in [0.2, 0.25) is 5.89 Å². The zero-order valence-electron chi connectivity index (χ0n) is 17.8. The Morgan fingerprint density at radius 3 is 2.41 bits per heavy atom. The number of hydrogen-bond acceptors (Lipinski definition) is 7. The summed E-state index contributed by atoms with van der Waals surface area (Å²) < 4.78 is 16.9. The average molecular weight is 437 g/mol. The van der Waals surface area contributed by atoms with Crippen molar-refractivity contribution in [2.75, 3.05) is 18.5 Å². The van der Waals surface area contributed by atoms with Gasteiger partial charge in [-0.15, -0.1) is 0 Å². The van der Waals surface area contributed by atoms with Gasteiger partial charge in [0.15, 0.2) is 17.2 Å². The van der Waals surface area contributed by atoms with Crippen LogP contribution in [0.15, 0.2) is 46.9 Å². The molecular formula is C23H23N3O6. The van der Waals surface area contributed by atoms with Gasteiger partial charge in [-0.3, -0.25) is 14.9 Å². The van der Waals surface area contributed by atoms with E-state index in [9.17, 15) is 14.9 Å². The van der Waals surface area contributed by atoms with Crippen LogP contribution in [0.4, 0.5) is 11.4 Å². The largest absolute Gasteiger partial charge is 0.490 e. The highest BCUT2D eigenvalue weighted by Crippen LogP contribution is 2.44. The molecule has 1 N–H and O–H groups in total. The number of carbonyl (C=O) groups excluding carboxylic acids is 1. The second-order valence-electron chi connectivity index (χ2n) is 7.27. The minimum absolute atomic E-state index is 0.00193. The number of nitro groups is 1. The van der Waals surface area contributed by atoms with Gasteiger partial charge in [-0.2, -0.15) is 0 Å². The summed E-state index contributed by atoms with van der Waals surface area (Å²) in [5.74, 6) is 0.935. The molecule has 4 rings (SSSR count). The van der Waals surface area contributed by atoms with Crippen LogP contribution in [0.25, 0.3) is 11.5 Å². The van der Waals surface area contributed by atoms with E-state index in [0.29, 0.717) is 30.6 Å². The quantitative estimate of drug-likeness (QED) is 0.362. The Bertz CT molecular complexity index is 1140. The number of oxazole rings is 1. The van der Waals surface area contributed by atoms with Crippen molar-refractivity contribution in [1.29, 1.82) is 0 Å². The molecule has 1 aromatic heterocycles. The summed E-state index contributed by atoms with van der Waals surface area (Å²) in [5.41, 5.74) is 0.578. The molecule has 1 aliphatic carbocycles. The van der Waals surface area contributed by atoms with Crippen molar-refractivity contribution >= 4 is 17.3 Å². The molecule has 1 fully saturated rings. The number of benzene rings is 2. The van der Waals surface area contributed by atoms with Crippen molar-refractivity contribution in [2.45, 2.75) is 32.6 Å². The van der Waals surface area contributed by atoms with Gasteiger partial charge >= 0.3 is 0 Å². The van der Waals surface area contributed by atoms with Gasteiger partial charge in [0.25, 0.3) is 11.6 Å². The lowest BCUT2D eigenvalue weighted by Gasteiger charge is -2.13. The number of amides is 1. The van der Waals surface area contributed by atoms with Crippen molar-refractivity contribution in [3.8, 4) is 23.0 Å². The van der Waals surface area contributed by atoms with E-state index in [2.05, 4.69) is 10.3 Å². The molecule has 166 valence electrons. The van der Waals surface area contributed by atoms with Crippen molar-refractivity contribution in [3.05, 3.63) is 64.0 Å². The number of carbonyl (C=O) groups is 1. The standard InChI is InChI=1S/C23H23N3O6/c1-3-30-18-12-16(17(26(28)29)13-19(18)31-4-2)24-22(27)20-21(14-10-11-14)32-23(25-20)15-8-6-5-7-9-15/h5-9,12-14H,3-4,10-11H2,1-2H3,(H,24,27). The van der Waals surface area contributed by atoms with Crippen LogP contribution in [-0.2, 0) is 0 Å². The summed E-state index contributed by atoms with van der Waals surface area (Å²) in [7, 11) is 0. The maximum absolute atomic E-state index is 13.1. The number of nitrogens with zero attached hydrogens (tertiary/aromatic N) is 2. The Balaban J connectivity index is 1.70. The summed E-state index contributed by atoms with van der Waals surface area (Å²) in [4.78, 5) is 28.6. The van der Waals surface area contributed by atoms with Gasteiger partial charge in [-0.25, -0.2) is 4.98 Å². The topological polar surface area (TPSA) is 117 Å². The maximum atomic E-state index is 13.1. The van der Waals surface area contributed by atoms with Crippen LogP contribution >= 0.6 is 0 Å². The van der Waals surface area contributed by atoms with E-state index < -0.39 is 10.8 Å². The Kier molecular flexibility index (Phi) is 6.07. The van der Waals surface area contributed by atoms with Crippen LogP contribution in [0.5, 0.6) is 11.5 Å². The van der Waals surface area contributed by atoms with Gasteiger partial charge in [-0.05, 0) is 38.8 Å². The molecule has 1 saturated carbocycles. The lowest BCUT2D eigenvalue weighted by atomic mass is 10.2. The summed E-state index contributed by atoms with van der Waals surface area (Å²) in [6.45, 7) is 4.21. The Morgan fingerprint density at radius 1 is 1.16 bits per heavy atom. The predicted octanol–water partition coefficient (Wildman–Crippen LogP) is 5.18. The summed E-state index contributed by atoms with van der Waals surface area (Å²) >= 11 is 0. The highest BCUT2D eigenvalue weighted by atomic mass is 16.6. The highest BCUT2D eigenvalue weighted by Gasteiger charge is 2.35. The van der Waals surface area contributed by atoms with Crippen molar-refractivity contribution in [2.24, 2.45) is 0 Å². The van der Waals surface area contributed by atoms with Crippen LogP contribution in [0, 0.1) is 10.1 Å². The van der Waals surface area contributed by atoms with E-state index in [1.807, 2.05) is 30.3 Å². The fourth-order valence-electron chi connectivity index (χ4n) is 3.34. The monoisotopic (exact) mass is 437 g/mol. The van der Waals surface area contributed by atoms with E-state index in [1.54, 1.807) is 13.8 Å². The van der Waals surface area contributed by atoms with Crippen molar-refractivity contribution in [3.63, 3.8) is 0 Å². The first kappa shape index (κ1) is 21.4. The lowest BCUT2D eigenvalue weighted by Crippen LogP contribution is -2.15. The number of hydrogen-bond donors (Lipinski definition) is 1. The van der Waals surface area contributed by atoms with Gasteiger partial charge in [0.1, 0.15) is 11.4 Å². The van der Waals surface area contributed by atoms with Crippen LogP contribution in [0.3, 0.4) is 0 Å². The van der Waals surface area contributed by atoms with Crippen molar-refractivity contribution in [1.82, 2.24) is 4.98 Å².